The zero-order valence-corrected chi connectivity index (χ0v) is 8.73. The fourth-order valence-corrected chi connectivity index (χ4v) is 2.90. The first-order valence-corrected chi connectivity index (χ1v) is 5.62. The van der Waals surface area contributed by atoms with Gasteiger partial charge in [0, 0.05) is 6.21 Å². The van der Waals surface area contributed by atoms with Gasteiger partial charge < -0.3 is 10.5 Å². The zero-order chi connectivity index (χ0) is 10.8. The summed E-state index contributed by atoms with van der Waals surface area (Å²) in [5, 5.41) is 15.9. The minimum absolute atomic E-state index is 0.576. The second-order valence-electron chi connectivity index (χ2n) is 4.73. The third-order valence-electron chi connectivity index (χ3n) is 3.78. The van der Waals surface area contributed by atoms with Gasteiger partial charge in [0.1, 0.15) is 0 Å². The maximum atomic E-state index is 10.7. The van der Waals surface area contributed by atoms with Crippen LogP contribution in [0, 0.1) is 29.1 Å². The van der Waals surface area contributed by atoms with E-state index in [4.69, 9.17) is 10.5 Å². The molecule has 15 heavy (non-hydrogen) atoms. The van der Waals surface area contributed by atoms with E-state index in [0.717, 1.165) is 18.6 Å². The number of hydrogen-bond acceptors (Lipinski definition) is 2. The summed E-state index contributed by atoms with van der Waals surface area (Å²) < 4.78 is 0. The number of carboxylic acids is 1. The molecule has 4 atom stereocenters. The van der Waals surface area contributed by atoms with Crippen molar-refractivity contribution in [2.45, 2.75) is 25.7 Å². The highest BCUT2D eigenvalue weighted by Crippen LogP contribution is 2.45. The molecule has 82 valence electrons. The van der Waals surface area contributed by atoms with Crippen molar-refractivity contribution in [3.63, 3.8) is 0 Å². The molecular weight excluding hydrogens is 190 g/mol. The van der Waals surface area contributed by atoms with E-state index in [0.29, 0.717) is 18.3 Å². The number of nitrogens with one attached hydrogen (secondary N) is 1. The Morgan fingerprint density at radius 3 is 2.80 bits per heavy atom. The summed E-state index contributed by atoms with van der Waals surface area (Å²) in [6.07, 6.45) is 9.73. The molecule has 0 aromatic carbocycles. The van der Waals surface area contributed by atoms with Gasteiger partial charge in [0.15, 0.2) is 0 Å². The highest BCUT2D eigenvalue weighted by Gasteiger charge is 2.35. The van der Waals surface area contributed by atoms with Crippen LogP contribution in [0.25, 0.3) is 0 Å². The second kappa shape index (κ2) is 4.17. The topological polar surface area (TPSA) is 61.2 Å². The summed E-state index contributed by atoms with van der Waals surface area (Å²) in [6, 6.07) is 0. The molecule has 2 aliphatic rings. The maximum Gasteiger partial charge on any atom is 0.311 e. The van der Waals surface area contributed by atoms with Crippen LogP contribution in [0.5, 0.6) is 0 Å². The van der Waals surface area contributed by atoms with Crippen molar-refractivity contribution in [3.05, 3.63) is 12.2 Å². The molecular formula is C12H17NO2. The smallest absolute Gasteiger partial charge is 0.311 e. The molecule has 0 heterocycles. The molecule has 2 rings (SSSR count). The first-order valence-electron chi connectivity index (χ1n) is 5.62. The summed E-state index contributed by atoms with van der Waals surface area (Å²) in [5.41, 5.74) is 0. The van der Waals surface area contributed by atoms with Crippen LogP contribution in [0.2, 0.25) is 0 Å². The highest BCUT2D eigenvalue weighted by molar-refractivity contribution is 5.87. The molecule has 0 saturated heterocycles. The van der Waals surface area contributed by atoms with E-state index in [1.807, 2.05) is 0 Å². The lowest BCUT2D eigenvalue weighted by atomic mass is 9.87. The molecule has 0 radical (unpaired) electrons. The van der Waals surface area contributed by atoms with Crippen molar-refractivity contribution >= 4 is 12.2 Å². The summed E-state index contributed by atoms with van der Waals surface area (Å²) >= 11 is 0. The largest absolute Gasteiger partial charge is 0.481 e. The van der Waals surface area contributed by atoms with Crippen LogP contribution in [0.15, 0.2) is 12.2 Å². The Kier molecular flexibility index (Phi) is 2.89. The van der Waals surface area contributed by atoms with Gasteiger partial charge in [-0.2, -0.15) is 0 Å². The van der Waals surface area contributed by atoms with Crippen LogP contribution in [0.3, 0.4) is 0 Å². The molecule has 1 fully saturated rings. The van der Waals surface area contributed by atoms with Crippen molar-refractivity contribution in [1.29, 1.82) is 5.41 Å². The van der Waals surface area contributed by atoms with E-state index >= 15 is 0 Å². The van der Waals surface area contributed by atoms with Gasteiger partial charge >= 0.3 is 5.97 Å². The van der Waals surface area contributed by atoms with E-state index in [9.17, 15) is 4.79 Å². The monoisotopic (exact) mass is 207 g/mol. The summed E-state index contributed by atoms with van der Waals surface area (Å²) in [6.45, 7) is 0. The number of rotatable bonds is 5. The lowest BCUT2D eigenvalue weighted by molar-refractivity contribution is -0.139. The van der Waals surface area contributed by atoms with Gasteiger partial charge in [-0.25, -0.2) is 0 Å². The Morgan fingerprint density at radius 2 is 2.33 bits per heavy atom. The third kappa shape index (κ3) is 2.11. The standard InChI is InChI=1S/C12H17NO2/c13-7-11(12(14)15)4-3-10-6-8-1-2-9(10)5-8/h1-2,7-11,13H,3-6H2,(H,14,15). The summed E-state index contributed by atoms with van der Waals surface area (Å²) in [5.74, 6) is 0.678. The van der Waals surface area contributed by atoms with Gasteiger partial charge in [-0.3, -0.25) is 4.79 Å². The van der Waals surface area contributed by atoms with E-state index in [1.165, 1.54) is 12.8 Å². The van der Waals surface area contributed by atoms with Gasteiger partial charge in [0.2, 0.25) is 0 Å². The van der Waals surface area contributed by atoms with Crippen molar-refractivity contribution < 1.29 is 9.90 Å². The minimum atomic E-state index is -0.858. The molecule has 0 spiro atoms. The lowest BCUT2D eigenvalue weighted by Crippen LogP contribution is -2.17. The summed E-state index contributed by atoms with van der Waals surface area (Å²) in [4.78, 5) is 10.7. The van der Waals surface area contributed by atoms with Gasteiger partial charge in [0.25, 0.3) is 0 Å². The Morgan fingerprint density at radius 1 is 1.53 bits per heavy atom. The van der Waals surface area contributed by atoms with Crippen LogP contribution in [0.4, 0.5) is 0 Å². The van der Waals surface area contributed by atoms with E-state index < -0.39 is 11.9 Å². The number of fused-ring (bicyclic) bond motifs is 2. The molecule has 0 aromatic rings. The number of carboxylic acid groups (broad SMARTS) is 1. The first-order chi connectivity index (χ1) is 7.20. The van der Waals surface area contributed by atoms with E-state index in [2.05, 4.69) is 12.2 Å². The average molecular weight is 207 g/mol. The molecule has 0 aliphatic heterocycles. The van der Waals surface area contributed by atoms with Crippen LogP contribution in [-0.2, 0) is 4.79 Å². The summed E-state index contributed by atoms with van der Waals surface area (Å²) in [7, 11) is 0. The molecule has 0 amide bonds. The van der Waals surface area contributed by atoms with Crippen LogP contribution >= 0.6 is 0 Å². The number of hydrogen-bond donors (Lipinski definition) is 2. The molecule has 2 aliphatic carbocycles. The number of allylic oxidation sites excluding steroid dienone is 2. The predicted molar refractivity (Wildman–Crippen MR) is 58.0 cm³/mol. The Hall–Kier alpha value is -1.12. The van der Waals surface area contributed by atoms with Crippen molar-refractivity contribution in [1.82, 2.24) is 0 Å². The SMILES string of the molecule is N=CC(CCC1CC2C=CC1C2)C(=O)O. The van der Waals surface area contributed by atoms with Crippen molar-refractivity contribution in [3.8, 4) is 0 Å². The molecule has 3 heteroatoms. The lowest BCUT2D eigenvalue weighted by Gasteiger charge is -2.18. The van der Waals surface area contributed by atoms with Gasteiger partial charge in [-0.15, -0.1) is 0 Å². The molecule has 2 N–H and O–H groups in total. The van der Waals surface area contributed by atoms with Gasteiger partial charge in [-0.1, -0.05) is 12.2 Å². The Bertz CT molecular complexity index is 298. The zero-order valence-electron chi connectivity index (χ0n) is 8.73. The number of aliphatic carboxylic acids is 1. The maximum absolute atomic E-state index is 10.7. The third-order valence-corrected chi connectivity index (χ3v) is 3.78. The fraction of sp³-hybridized carbons (Fsp3) is 0.667. The second-order valence-corrected chi connectivity index (χ2v) is 4.73. The quantitative estimate of drug-likeness (QED) is 0.537. The number of carbonyl (C=O) groups is 1. The Balaban J connectivity index is 1.81. The van der Waals surface area contributed by atoms with Crippen LogP contribution in [0.1, 0.15) is 25.7 Å². The predicted octanol–water partition coefficient (Wildman–Crippen LogP) is 2.33. The first kappa shape index (κ1) is 10.4. The van der Waals surface area contributed by atoms with E-state index in [1.54, 1.807) is 0 Å². The molecule has 0 aromatic heterocycles. The highest BCUT2D eigenvalue weighted by atomic mass is 16.4. The van der Waals surface area contributed by atoms with Gasteiger partial charge in [-0.05, 0) is 43.4 Å². The molecule has 3 nitrogen and oxygen atoms in total. The van der Waals surface area contributed by atoms with Crippen molar-refractivity contribution in [2.75, 3.05) is 0 Å². The fourth-order valence-electron chi connectivity index (χ4n) is 2.90. The normalized spacial score (nSPS) is 34.3. The van der Waals surface area contributed by atoms with Gasteiger partial charge in [0.05, 0.1) is 5.92 Å². The average Bonchev–Trinajstić information content (AvgIpc) is 2.79. The minimum Gasteiger partial charge on any atom is -0.481 e. The molecule has 2 bridgehead atoms. The van der Waals surface area contributed by atoms with Crippen molar-refractivity contribution in [2.24, 2.45) is 23.7 Å². The molecule has 4 unspecified atom stereocenters. The Labute approximate surface area is 89.7 Å². The molecule has 1 saturated carbocycles. The van der Waals surface area contributed by atoms with Crippen LogP contribution in [-0.4, -0.2) is 17.3 Å². The van der Waals surface area contributed by atoms with Crippen LogP contribution < -0.4 is 0 Å². The van der Waals surface area contributed by atoms with E-state index in [-0.39, 0.29) is 0 Å².